The van der Waals surface area contributed by atoms with E-state index >= 15 is 0 Å². The van der Waals surface area contributed by atoms with Gasteiger partial charge in [-0.2, -0.15) is 0 Å². The van der Waals surface area contributed by atoms with Crippen LogP contribution in [-0.4, -0.2) is 40.0 Å². The van der Waals surface area contributed by atoms with Gasteiger partial charge in [-0.15, -0.1) is 0 Å². The maximum Gasteiger partial charge on any atom is 0.328 e. The molecule has 0 aromatic carbocycles. The van der Waals surface area contributed by atoms with Crippen LogP contribution < -0.4 is 0 Å². The van der Waals surface area contributed by atoms with Gasteiger partial charge in [0.2, 0.25) is 0 Å². The Labute approximate surface area is 123 Å². The van der Waals surface area contributed by atoms with Gasteiger partial charge >= 0.3 is 5.97 Å². The second-order valence-corrected chi connectivity index (χ2v) is 5.84. The molecule has 110 valence electrons. The van der Waals surface area contributed by atoms with Gasteiger partial charge in [0.1, 0.15) is 0 Å². The van der Waals surface area contributed by atoms with Crippen LogP contribution in [0.5, 0.6) is 0 Å². The van der Waals surface area contributed by atoms with Crippen molar-refractivity contribution >= 4 is 18.0 Å². The predicted octanol–water partition coefficient (Wildman–Crippen LogP) is 2.05. The van der Waals surface area contributed by atoms with Crippen LogP contribution in [0.25, 0.3) is 6.08 Å². The largest absolute Gasteiger partial charge is 0.478 e. The number of aromatic nitrogens is 1. The van der Waals surface area contributed by atoms with Crippen LogP contribution in [0.15, 0.2) is 24.5 Å². The minimum Gasteiger partial charge on any atom is -0.478 e. The molecule has 3 rings (SSSR count). The summed E-state index contributed by atoms with van der Waals surface area (Å²) < 4.78 is 0. The van der Waals surface area contributed by atoms with Crippen molar-refractivity contribution in [2.75, 3.05) is 13.1 Å². The third-order valence-electron chi connectivity index (χ3n) is 4.44. The smallest absolute Gasteiger partial charge is 0.328 e. The zero-order valence-corrected chi connectivity index (χ0v) is 11.7. The number of carbonyl (C=O) groups is 2. The maximum absolute atomic E-state index is 12.5. The molecule has 2 atom stereocenters. The van der Waals surface area contributed by atoms with Gasteiger partial charge in [0.25, 0.3) is 5.91 Å². The van der Waals surface area contributed by atoms with E-state index in [9.17, 15) is 9.59 Å². The summed E-state index contributed by atoms with van der Waals surface area (Å²) in [4.78, 5) is 29.0. The van der Waals surface area contributed by atoms with Gasteiger partial charge < -0.3 is 10.0 Å². The number of amides is 1. The summed E-state index contributed by atoms with van der Waals surface area (Å²) in [6, 6.07) is 1.70. The molecule has 2 unspecified atom stereocenters. The van der Waals surface area contributed by atoms with Gasteiger partial charge in [-0.05, 0) is 42.4 Å². The highest BCUT2D eigenvalue weighted by molar-refractivity contribution is 5.95. The molecule has 1 aromatic rings. The molecular weight excluding hydrogens is 268 g/mol. The first-order valence-corrected chi connectivity index (χ1v) is 7.29. The monoisotopic (exact) mass is 286 g/mol. The number of fused-ring (bicyclic) bond motifs is 1. The molecule has 2 fully saturated rings. The molecule has 1 aliphatic carbocycles. The van der Waals surface area contributed by atoms with Crippen molar-refractivity contribution in [1.82, 2.24) is 9.88 Å². The SMILES string of the molecule is O=C(O)/C=C/c1cncc(C(=O)N2CC3CCCC3C2)c1. The molecule has 2 heterocycles. The van der Waals surface area contributed by atoms with E-state index < -0.39 is 5.97 Å². The van der Waals surface area contributed by atoms with E-state index in [2.05, 4.69) is 4.98 Å². The molecule has 0 spiro atoms. The molecule has 5 heteroatoms. The Hall–Kier alpha value is -2.17. The molecule has 1 saturated carbocycles. The molecule has 1 aliphatic heterocycles. The predicted molar refractivity (Wildman–Crippen MR) is 77.6 cm³/mol. The van der Waals surface area contributed by atoms with E-state index in [1.165, 1.54) is 25.3 Å². The second kappa shape index (κ2) is 5.68. The van der Waals surface area contributed by atoms with E-state index in [0.29, 0.717) is 23.0 Å². The lowest BCUT2D eigenvalue weighted by Crippen LogP contribution is -2.29. The lowest BCUT2D eigenvalue weighted by Gasteiger charge is -2.17. The number of hydrogen-bond acceptors (Lipinski definition) is 3. The van der Waals surface area contributed by atoms with Gasteiger partial charge in [-0.1, -0.05) is 6.42 Å². The summed E-state index contributed by atoms with van der Waals surface area (Å²) >= 11 is 0. The van der Waals surface area contributed by atoms with Crippen molar-refractivity contribution < 1.29 is 14.7 Å². The third kappa shape index (κ3) is 2.96. The summed E-state index contributed by atoms with van der Waals surface area (Å²) in [7, 11) is 0. The van der Waals surface area contributed by atoms with Crippen LogP contribution in [-0.2, 0) is 4.79 Å². The molecule has 1 amide bonds. The third-order valence-corrected chi connectivity index (χ3v) is 4.44. The number of carboxylic acids is 1. The summed E-state index contributed by atoms with van der Waals surface area (Å²) in [6.45, 7) is 1.69. The van der Waals surface area contributed by atoms with Crippen LogP contribution >= 0.6 is 0 Å². The van der Waals surface area contributed by atoms with Crippen LogP contribution in [0.4, 0.5) is 0 Å². The molecule has 5 nitrogen and oxygen atoms in total. The number of nitrogens with zero attached hydrogens (tertiary/aromatic N) is 2. The molecule has 1 saturated heterocycles. The first kappa shape index (κ1) is 13.8. The van der Waals surface area contributed by atoms with Gasteiger partial charge in [-0.25, -0.2) is 4.79 Å². The fourth-order valence-corrected chi connectivity index (χ4v) is 3.42. The average Bonchev–Trinajstić information content (AvgIpc) is 3.06. The summed E-state index contributed by atoms with van der Waals surface area (Å²) in [5.41, 5.74) is 1.16. The van der Waals surface area contributed by atoms with Crippen molar-refractivity contribution in [1.29, 1.82) is 0 Å². The van der Waals surface area contributed by atoms with Crippen molar-refractivity contribution in [2.45, 2.75) is 19.3 Å². The molecule has 2 aliphatic rings. The Morgan fingerprint density at radius 1 is 1.24 bits per heavy atom. The number of carboxylic acid groups (broad SMARTS) is 1. The average molecular weight is 286 g/mol. The molecule has 1 N–H and O–H groups in total. The van der Waals surface area contributed by atoms with Crippen LogP contribution in [0.1, 0.15) is 35.2 Å². The van der Waals surface area contributed by atoms with Crippen LogP contribution in [0.2, 0.25) is 0 Å². The highest BCUT2D eigenvalue weighted by atomic mass is 16.4. The van der Waals surface area contributed by atoms with Gasteiger partial charge in [0.15, 0.2) is 0 Å². The Kier molecular flexibility index (Phi) is 3.73. The Morgan fingerprint density at radius 2 is 1.95 bits per heavy atom. The Balaban J connectivity index is 1.73. The standard InChI is InChI=1S/C16H18N2O3/c19-15(20)5-4-11-6-14(8-17-7-11)16(21)18-9-12-2-1-3-13(12)10-18/h4-8,12-13H,1-3,9-10H2,(H,19,20)/b5-4+. The van der Waals surface area contributed by atoms with E-state index in [1.807, 2.05) is 4.90 Å². The number of rotatable bonds is 3. The molecule has 21 heavy (non-hydrogen) atoms. The lowest BCUT2D eigenvalue weighted by molar-refractivity contribution is -0.131. The molecular formula is C16H18N2O3. The number of hydrogen-bond donors (Lipinski definition) is 1. The van der Waals surface area contributed by atoms with Crippen molar-refractivity contribution in [3.63, 3.8) is 0 Å². The van der Waals surface area contributed by atoms with E-state index in [0.717, 1.165) is 19.2 Å². The van der Waals surface area contributed by atoms with Gasteiger partial charge in [0, 0.05) is 31.6 Å². The second-order valence-electron chi connectivity index (χ2n) is 5.84. The van der Waals surface area contributed by atoms with Crippen molar-refractivity contribution in [2.24, 2.45) is 11.8 Å². The first-order valence-electron chi connectivity index (χ1n) is 7.29. The van der Waals surface area contributed by atoms with Crippen LogP contribution in [0.3, 0.4) is 0 Å². The van der Waals surface area contributed by atoms with Crippen molar-refractivity contribution in [3.8, 4) is 0 Å². The highest BCUT2D eigenvalue weighted by Gasteiger charge is 2.38. The fraction of sp³-hybridized carbons (Fsp3) is 0.438. The molecule has 1 aromatic heterocycles. The van der Waals surface area contributed by atoms with Crippen LogP contribution in [0, 0.1) is 11.8 Å². The number of pyridine rings is 1. The number of carbonyl (C=O) groups excluding carboxylic acids is 1. The first-order chi connectivity index (χ1) is 10.1. The van der Waals surface area contributed by atoms with E-state index in [-0.39, 0.29) is 5.91 Å². The molecule has 0 bridgehead atoms. The van der Waals surface area contributed by atoms with Gasteiger partial charge in [0.05, 0.1) is 5.56 Å². The summed E-state index contributed by atoms with van der Waals surface area (Å²) in [5, 5.41) is 8.64. The topological polar surface area (TPSA) is 70.5 Å². The quantitative estimate of drug-likeness (QED) is 0.863. The normalized spacial score (nSPS) is 24.5. The Morgan fingerprint density at radius 3 is 2.62 bits per heavy atom. The van der Waals surface area contributed by atoms with Crippen molar-refractivity contribution in [3.05, 3.63) is 35.7 Å². The lowest BCUT2D eigenvalue weighted by atomic mass is 10.0. The minimum atomic E-state index is -1.01. The maximum atomic E-state index is 12.5. The van der Waals surface area contributed by atoms with Gasteiger partial charge in [-0.3, -0.25) is 9.78 Å². The zero-order chi connectivity index (χ0) is 14.8. The fourth-order valence-electron chi connectivity index (χ4n) is 3.42. The number of likely N-dealkylation sites (tertiary alicyclic amines) is 1. The van der Waals surface area contributed by atoms with E-state index in [1.54, 1.807) is 18.5 Å². The summed E-state index contributed by atoms with van der Waals surface area (Å²) in [6.07, 6.45) is 9.34. The zero-order valence-electron chi connectivity index (χ0n) is 11.7. The Bertz CT molecular complexity index is 585. The highest BCUT2D eigenvalue weighted by Crippen LogP contribution is 2.38. The molecule has 0 radical (unpaired) electrons. The summed E-state index contributed by atoms with van der Waals surface area (Å²) in [5.74, 6) is 0.315. The van der Waals surface area contributed by atoms with E-state index in [4.69, 9.17) is 5.11 Å². The minimum absolute atomic E-state index is 0.00229. The number of aliphatic carboxylic acids is 1.